The summed E-state index contributed by atoms with van der Waals surface area (Å²) in [7, 11) is 0. The molecule has 234 valence electrons. The molecule has 2 aromatic heterocycles. The van der Waals surface area contributed by atoms with Crippen molar-refractivity contribution in [1.29, 1.82) is 5.26 Å². The van der Waals surface area contributed by atoms with Crippen LogP contribution in [0, 0.1) is 28.4 Å². The van der Waals surface area contributed by atoms with E-state index in [4.69, 9.17) is 26.1 Å². The Balaban J connectivity index is 1.10. The summed E-state index contributed by atoms with van der Waals surface area (Å²) in [4.78, 5) is 23.1. The molecule has 1 saturated heterocycles. The number of likely N-dealkylation sites (tertiary alicyclic amines) is 1. The molecule has 3 heterocycles. The molecule has 1 saturated carbocycles. The molecule has 6 rings (SSSR count). The number of carboxylic acids is 1. The molecule has 0 unspecified atom stereocenters. The van der Waals surface area contributed by atoms with Gasteiger partial charge in [-0.2, -0.15) is 5.26 Å². The number of carbonyl (C=O) groups is 1. The van der Waals surface area contributed by atoms with Crippen LogP contribution in [0.4, 0.5) is 8.78 Å². The molecule has 4 aromatic rings. The predicted octanol–water partition coefficient (Wildman–Crippen LogP) is 6.31. The number of aromatic nitrogens is 3. The third kappa shape index (κ3) is 7.35. The van der Waals surface area contributed by atoms with Crippen LogP contribution in [0.5, 0.6) is 11.5 Å². The number of piperidine rings is 1. The zero-order valence-corrected chi connectivity index (χ0v) is 25.3. The summed E-state index contributed by atoms with van der Waals surface area (Å²) in [5.74, 6) is -0.691. The molecule has 1 aliphatic heterocycles. The SMILES string of the molecule is N#CCC1(Cn2c(CN3CCC(Oc4ccc(F)c(COc5ccc(Cl)cc5F)c4)CC3)nc3ccc(CC(=O)O)nc32)CC1. The number of ether oxygens (including phenoxy) is 2. The first-order valence-electron chi connectivity index (χ1n) is 14.9. The van der Waals surface area contributed by atoms with Crippen molar-refractivity contribution in [3.05, 3.63) is 82.3 Å². The maximum atomic E-state index is 14.5. The van der Waals surface area contributed by atoms with Crippen LogP contribution in [0.25, 0.3) is 11.2 Å². The van der Waals surface area contributed by atoms with E-state index >= 15 is 0 Å². The number of benzene rings is 2. The first kappa shape index (κ1) is 30.7. The molecule has 45 heavy (non-hydrogen) atoms. The van der Waals surface area contributed by atoms with Gasteiger partial charge >= 0.3 is 5.97 Å². The van der Waals surface area contributed by atoms with Gasteiger partial charge in [-0.1, -0.05) is 11.6 Å². The van der Waals surface area contributed by atoms with E-state index in [0.29, 0.717) is 42.1 Å². The monoisotopic (exact) mass is 635 g/mol. The highest BCUT2D eigenvalue weighted by Gasteiger charge is 2.43. The largest absolute Gasteiger partial charge is 0.490 e. The summed E-state index contributed by atoms with van der Waals surface area (Å²) in [5, 5.41) is 18.9. The van der Waals surface area contributed by atoms with Gasteiger partial charge in [0.2, 0.25) is 0 Å². The van der Waals surface area contributed by atoms with Gasteiger partial charge < -0.3 is 19.1 Å². The molecule has 1 aliphatic carbocycles. The zero-order valence-electron chi connectivity index (χ0n) is 24.5. The van der Waals surface area contributed by atoms with Gasteiger partial charge in [0.15, 0.2) is 17.2 Å². The van der Waals surface area contributed by atoms with E-state index in [1.54, 1.807) is 18.2 Å². The topological polar surface area (TPSA) is 114 Å². The van der Waals surface area contributed by atoms with Crippen molar-refractivity contribution >= 4 is 28.7 Å². The second-order valence-corrected chi connectivity index (χ2v) is 12.3. The lowest BCUT2D eigenvalue weighted by atomic mass is 10.0. The van der Waals surface area contributed by atoms with Crippen molar-refractivity contribution in [2.75, 3.05) is 13.1 Å². The lowest BCUT2D eigenvalue weighted by Gasteiger charge is -2.32. The maximum absolute atomic E-state index is 14.5. The van der Waals surface area contributed by atoms with Crippen molar-refractivity contribution < 1.29 is 28.2 Å². The van der Waals surface area contributed by atoms with Gasteiger partial charge in [-0.15, -0.1) is 0 Å². The normalized spacial score (nSPS) is 16.4. The molecule has 0 amide bonds. The summed E-state index contributed by atoms with van der Waals surface area (Å²) >= 11 is 5.79. The third-order valence-corrected chi connectivity index (χ3v) is 8.70. The molecule has 1 N–H and O–H groups in total. The van der Waals surface area contributed by atoms with E-state index < -0.39 is 17.6 Å². The Hall–Kier alpha value is -4.27. The summed E-state index contributed by atoms with van der Waals surface area (Å²) in [6.07, 6.45) is 3.64. The third-order valence-electron chi connectivity index (χ3n) is 8.46. The molecular formula is C33H32ClF2N5O4. The number of halogens is 3. The first-order chi connectivity index (χ1) is 21.7. The van der Waals surface area contributed by atoms with Gasteiger partial charge in [0.1, 0.15) is 35.6 Å². The summed E-state index contributed by atoms with van der Waals surface area (Å²) in [5.41, 5.74) is 1.99. The summed E-state index contributed by atoms with van der Waals surface area (Å²) < 4.78 is 42.3. The maximum Gasteiger partial charge on any atom is 0.309 e. The fourth-order valence-electron chi connectivity index (χ4n) is 5.76. The second-order valence-electron chi connectivity index (χ2n) is 11.9. The molecule has 0 atom stereocenters. The Morgan fingerprint density at radius 2 is 1.89 bits per heavy atom. The van der Waals surface area contributed by atoms with Gasteiger partial charge in [-0.25, -0.2) is 18.7 Å². The number of hydrogen-bond acceptors (Lipinski definition) is 7. The molecule has 2 aliphatic rings. The Labute approximate surface area is 264 Å². The van der Waals surface area contributed by atoms with E-state index in [1.165, 1.54) is 18.2 Å². The smallest absolute Gasteiger partial charge is 0.309 e. The molecule has 9 nitrogen and oxygen atoms in total. The first-order valence-corrected chi connectivity index (χ1v) is 15.3. The lowest BCUT2D eigenvalue weighted by Crippen LogP contribution is -2.38. The molecular weight excluding hydrogens is 604 g/mol. The number of rotatable bonds is 12. The number of fused-ring (bicyclic) bond motifs is 1. The van der Waals surface area contributed by atoms with Crippen LogP contribution in [0.1, 0.15) is 49.2 Å². The standard InChI is InChI=1S/C33H32ClF2N5O4/c34-22-1-6-29(27(36)16-22)44-19-21-15-25(3-4-26(21)35)45-24-7-13-40(14-8-24)18-30-39-28-5-2-23(17-31(42)43)38-32(28)41(30)20-33(9-10-33)11-12-37/h1-6,15-16,24H,7-11,13-14,17-20H2,(H,42,43). The number of carboxylic acid groups (broad SMARTS) is 1. The minimum absolute atomic E-state index is 0.0140. The quantitative estimate of drug-likeness (QED) is 0.193. The highest BCUT2D eigenvalue weighted by atomic mass is 35.5. The van der Waals surface area contributed by atoms with Crippen LogP contribution in [-0.4, -0.2) is 49.7 Å². The second kappa shape index (κ2) is 13.0. The van der Waals surface area contributed by atoms with Gasteiger partial charge in [-0.3, -0.25) is 9.69 Å². The van der Waals surface area contributed by atoms with Crippen LogP contribution in [-0.2, 0) is 30.9 Å². The summed E-state index contributed by atoms with van der Waals surface area (Å²) in [6.45, 7) is 2.54. The van der Waals surface area contributed by atoms with E-state index in [1.807, 2.05) is 6.07 Å². The lowest BCUT2D eigenvalue weighted by molar-refractivity contribution is -0.136. The van der Waals surface area contributed by atoms with Crippen LogP contribution < -0.4 is 9.47 Å². The number of nitriles is 1. The molecule has 2 fully saturated rings. The van der Waals surface area contributed by atoms with E-state index in [0.717, 1.165) is 50.7 Å². The van der Waals surface area contributed by atoms with Gasteiger partial charge in [-0.05, 0) is 74.2 Å². The van der Waals surface area contributed by atoms with E-state index in [9.17, 15) is 23.9 Å². The Kier molecular flexibility index (Phi) is 8.88. The number of aliphatic carboxylic acids is 1. The average Bonchev–Trinajstić information content (AvgIpc) is 3.69. The highest BCUT2D eigenvalue weighted by molar-refractivity contribution is 6.30. The van der Waals surface area contributed by atoms with Gasteiger partial charge in [0, 0.05) is 42.1 Å². The minimum atomic E-state index is -0.945. The predicted molar refractivity (Wildman–Crippen MR) is 162 cm³/mol. The number of imidazole rings is 1. The van der Waals surface area contributed by atoms with Crippen molar-refractivity contribution in [3.63, 3.8) is 0 Å². The number of pyridine rings is 1. The molecule has 0 spiro atoms. The van der Waals surface area contributed by atoms with Crippen molar-refractivity contribution in [1.82, 2.24) is 19.4 Å². The highest BCUT2D eigenvalue weighted by Crippen LogP contribution is 2.50. The summed E-state index contributed by atoms with van der Waals surface area (Å²) in [6, 6.07) is 14.4. The Bertz CT molecular complexity index is 1760. The Morgan fingerprint density at radius 3 is 2.60 bits per heavy atom. The molecule has 2 aromatic carbocycles. The van der Waals surface area contributed by atoms with Gasteiger partial charge in [0.05, 0.1) is 24.7 Å². The van der Waals surface area contributed by atoms with Crippen molar-refractivity contribution in [2.24, 2.45) is 5.41 Å². The minimum Gasteiger partial charge on any atom is -0.490 e. The number of hydrogen-bond donors (Lipinski definition) is 1. The van der Waals surface area contributed by atoms with Crippen molar-refractivity contribution in [3.8, 4) is 17.6 Å². The average molecular weight is 636 g/mol. The fraction of sp³-hybridized carbons (Fsp3) is 0.394. The van der Waals surface area contributed by atoms with Crippen LogP contribution >= 0.6 is 11.6 Å². The molecule has 12 heteroatoms. The Morgan fingerprint density at radius 1 is 1.09 bits per heavy atom. The number of nitrogens with zero attached hydrogens (tertiary/aromatic N) is 5. The van der Waals surface area contributed by atoms with E-state index in [2.05, 4.69) is 20.5 Å². The van der Waals surface area contributed by atoms with Crippen molar-refractivity contribution in [2.45, 2.75) is 64.3 Å². The van der Waals surface area contributed by atoms with Gasteiger partial charge in [0.25, 0.3) is 0 Å². The molecule has 0 radical (unpaired) electrons. The fourth-order valence-corrected chi connectivity index (χ4v) is 5.92. The van der Waals surface area contributed by atoms with Crippen LogP contribution in [0.2, 0.25) is 5.02 Å². The van der Waals surface area contributed by atoms with E-state index in [-0.39, 0.29) is 40.9 Å². The molecule has 0 bridgehead atoms. The van der Waals surface area contributed by atoms with Crippen LogP contribution in [0.3, 0.4) is 0 Å². The van der Waals surface area contributed by atoms with Crippen LogP contribution in [0.15, 0.2) is 48.5 Å². The zero-order chi connectivity index (χ0) is 31.6.